The van der Waals surface area contributed by atoms with Crippen LogP contribution in [0.4, 0.5) is 0 Å². The largest absolute Gasteiger partial charge is 0.492 e. The highest BCUT2D eigenvalue weighted by atomic mass is 16.5. The summed E-state index contributed by atoms with van der Waals surface area (Å²) in [6.07, 6.45) is 3.24. The maximum atomic E-state index is 9.35. The van der Waals surface area contributed by atoms with Crippen molar-refractivity contribution in [3.8, 4) is 5.75 Å². The maximum absolute atomic E-state index is 9.35. The molecular formula is C14H21NO2. The summed E-state index contributed by atoms with van der Waals surface area (Å²) in [4.78, 5) is 0. The molecule has 94 valence electrons. The fourth-order valence-corrected chi connectivity index (χ4v) is 1.99. The molecule has 0 aromatic heterocycles. The van der Waals surface area contributed by atoms with Crippen LogP contribution < -0.4 is 10.5 Å². The molecule has 0 saturated heterocycles. The van der Waals surface area contributed by atoms with Crippen LogP contribution in [0.5, 0.6) is 5.75 Å². The number of hydrogen-bond donors (Lipinski definition) is 2. The Morgan fingerprint density at radius 3 is 2.47 bits per heavy atom. The van der Waals surface area contributed by atoms with E-state index in [-0.39, 0.29) is 6.61 Å². The highest BCUT2D eigenvalue weighted by Crippen LogP contribution is 2.38. The normalized spacial score (nSPS) is 18.8. The van der Waals surface area contributed by atoms with E-state index in [1.165, 1.54) is 5.56 Å². The van der Waals surface area contributed by atoms with Gasteiger partial charge in [0, 0.05) is 0 Å². The summed E-state index contributed by atoms with van der Waals surface area (Å²) in [6.45, 7) is 2.50. The first kappa shape index (κ1) is 12.4. The van der Waals surface area contributed by atoms with E-state index in [9.17, 15) is 5.11 Å². The van der Waals surface area contributed by atoms with Crippen LogP contribution in [0, 0.1) is 5.92 Å². The van der Waals surface area contributed by atoms with Crippen LogP contribution in [0.15, 0.2) is 24.3 Å². The van der Waals surface area contributed by atoms with Gasteiger partial charge in [-0.25, -0.2) is 0 Å². The molecule has 0 aliphatic heterocycles. The molecule has 1 aromatic carbocycles. The summed E-state index contributed by atoms with van der Waals surface area (Å²) in [7, 11) is 0. The SMILES string of the molecule is CCc1ccc(OCC(N)(CO)C2CC2)cc1. The van der Waals surface area contributed by atoms with Gasteiger partial charge in [0.05, 0.1) is 12.1 Å². The van der Waals surface area contributed by atoms with Crippen molar-refractivity contribution in [1.29, 1.82) is 0 Å². The first-order chi connectivity index (χ1) is 8.18. The predicted molar refractivity (Wildman–Crippen MR) is 68.0 cm³/mol. The lowest BCUT2D eigenvalue weighted by atomic mass is 9.97. The third-order valence-electron chi connectivity index (χ3n) is 3.52. The summed E-state index contributed by atoms with van der Waals surface area (Å²) in [6, 6.07) is 8.04. The average molecular weight is 235 g/mol. The van der Waals surface area contributed by atoms with Crippen molar-refractivity contribution in [3.63, 3.8) is 0 Å². The number of aliphatic hydroxyl groups excluding tert-OH is 1. The van der Waals surface area contributed by atoms with Crippen molar-refractivity contribution >= 4 is 0 Å². The molecule has 0 spiro atoms. The molecule has 0 bridgehead atoms. The number of hydrogen-bond acceptors (Lipinski definition) is 3. The van der Waals surface area contributed by atoms with Gasteiger partial charge in [-0.2, -0.15) is 0 Å². The van der Waals surface area contributed by atoms with Gasteiger partial charge in [-0.1, -0.05) is 19.1 Å². The van der Waals surface area contributed by atoms with E-state index in [1.807, 2.05) is 12.1 Å². The van der Waals surface area contributed by atoms with Crippen LogP contribution in [0.1, 0.15) is 25.3 Å². The van der Waals surface area contributed by atoms with Crippen molar-refractivity contribution in [2.75, 3.05) is 13.2 Å². The average Bonchev–Trinajstić information content (AvgIpc) is 3.21. The lowest BCUT2D eigenvalue weighted by Gasteiger charge is -2.27. The van der Waals surface area contributed by atoms with Gasteiger partial charge in [0.1, 0.15) is 12.4 Å². The molecule has 0 amide bonds. The van der Waals surface area contributed by atoms with E-state index in [0.717, 1.165) is 25.0 Å². The Morgan fingerprint density at radius 1 is 1.35 bits per heavy atom. The monoisotopic (exact) mass is 235 g/mol. The molecule has 0 heterocycles. The van der Waals surface area contributed by atoms with Crippen LogP contribution in [0.25, 0.3) is 0 Å². The van der Waals surface area contributed by atoms with Crippen LogP contribution in [0.2, 0.25) is 0 Å². The van der Waals surface area contributed by atoms with Crippen molar-refractivity contribution < 1.29 is 9.84 Å². The number of benzene rings is 1. The lowest BCUT2D eigenvalue weighted by molar-refractivity contribution is 0.117. The van der Waals surface area contributed by atoms with Crippen LogP contribution in [-0.4, -0.2) is 23.9 Å². The van der Waals surface area contributed by atoms with Crippen molar-refractivity contribution in [2.24, 2.45) is 11.7 Å². The fourth-order valence-electron chi connectivity index (χ4n) is 1.99. The molecular weight excluding hydrogens is 214 g/mol. The van der Waals surface area contributed by atoms with Crippen LogP contribution >= 0.6 is 0 Å². The van der Waals surface area contributed by atoms with Crippen LogP contribution in [-0.2, 0) is 6.42 Å². The number of aryl methyl sites for hydroxylation is 1. The zero-order chi connectivity index (χ0) is 12.3. The second-order valence-corrected chi connectivity index (χ2v) is 4.95. The summed E-state index contributed by atoms with van der Waals surface area (Å²) < 4.78 is 5.68. The standard InChI is InChI=1S/C14H21NO2/c1-2-11-3-7-13(8-4-11)17-10-14(15,9-16)12-5-6-12/h3-4,7-8,12,16H,2,5-6,9-10,15H2,1H3. The molecule has 1 saturated carbocycles. The quantitative estimate of drug-likeness (QED) is 0.789. The van der Waals surface area contributed by atoms with E-state index in [1.54, 1.807) is 0 Å². The number of ether oxygens (including phenoxy) is 1. The first-order valence-electron chi connectivity index (χ1n) is 6.29. The lowest BCUT2D eigenvalue weighted by Crippen LogP contribution is -2.51. The number of aliphatic hydroxyl groups is 1. The third kappa shape index (κ3) is 2.99. The molecule has 17 heavy (non-hydrogen) atoms. The first-order valence-corrected chi connectivity index (χ1v) is 6.29. The number of nitrogens with two attached hydrogens (primary N) is 1. The summed E-state index contributed by atoms with van der Waals surface area (Å²) >= 11 is 0. The highest BCUT2D eigenvalue weighted by molar-refractivity contribution is 5.27. The van der Waals surface area contributed by atoms with E-state index in [4.69, 9.17) is 10.5 Å². The molecule has 1 unspecified atom stereocenters. The van der Waals surface area contributed by atoms with Gasteiger partial charge in [0.25, 0.3) is 0 Å². The highest BCUT2D eigenvalue weighted by Gasteiger charge is 2.42. The Labute approximate surface area is 103 Å². The molecule has 3 N–H and O–H groups in total. The zero-order valence-corrected chi connectivity index (χ0v) is 10.4. The van der Waals surface area contributed by atoms with Gasteiger partial charge in [-0.15, -0.1) is 0 Å². The molecule has 1 aliphatic carbocycles. The van der Waals surface area contributed by atoms with E-state index >= 15 is 0 Å². The molecule has 3 nitrogen and oxygen atoms in total. The van der Waals surface area contributed by atoms with Gasteiger partial charge in [-0.3, -0.25) is 0 Å². The van der Waals surface area contributed by atoms with E-state index in [0.29, 0.717) is 12.5 Å². The molecule has 3 heteroatoms. The minimum absolute atomic E-state index is 0.00922. The Balaban J connectivity index is 1.91. The molecule has 0 radical (unpaired) electrons. The van der Waals surface area contributed by atoms with Crippen LogP contribution in [0.3, 0.4) is 0 Å². The van der Waals surface area contributed by atoms with Crippen molar-refractivity contribution in [2.45, 2.75) is 31.7 Å². The minimum atomic E-state index is -0.566. The van der Waals surface area contributed by atoms with Crippen molar-refractivity contribution in [1.82, 2.24) is 0 Å². The summed E-state index contributed by atoms with van der Waals surface area (Å²) in [5.74, 6) is 1.24. The second kappa shape index (κ2) is 5.07. The molecule has 1 atom stereocenters. The molecule has 1 aliphatic rings. The van der Waals surface area contributed by atoms with Crippen molar-refractivity contribution in [3.05, 3.63) is 29.8 Å². The van der Waals surface area contributed by atoms with E-state index in [2.05, 4.69) is 19.1 Å². The Morgan fingerprint density at radius 2 is 2.00 bits per heavy atom. The van der Waals surface area contributed by atoms with Gasteiger partial charge in [-0.05, 0) is 42.9 Å². The topological polar surface area (TPSA) is 55.5 Å². The maximum Gasteiger partial charge on any atom is 0.119 e. The summed E-state index contributed by atoms with van der Waals surface area (Å²) in [5, 5.41) is 9.35. The van der Waals surface area contributed by atoms with Gasteiger partial charge in [0.15, 0.2) is 0 Å². The third-order valence-corrected chi connectivity index (χ3v) is 3.52. The van der Waals surface area contributed by atoms with Gasteiger partial charge < -0.3 is 15.6 Å². The molecule has 1 fully saturated rings. The van der Waals surface area contributed by atoms with E-state index < -0.39 is 5.54 Å². The van der Waals surface area contributed by atoms with Gasteiger partial charge in [0.2, 0.25) is 0 Å². The summed E-state index contributed by atoms with van der Waals surface area (Å²) in [5.41, 5.74) is 6.86. The molecule has 2 rings (SSSR count). The second-order valence-electron chi connectivity index (χ2n) is 4.95. The fraction of sp³-hybridized carbons (Fsp3) is 0.571. The Bertz CT molecular complexity index is 359. The Hall–Kier alpha value is -1.06. The van der Waals surface area contributed by atoms with Gasteiger partial charge >= 0.3 is 0 Å². The Kier molecular flexibility index (Phi) is 3.69. The predicted octanol–water partition coefficient (Wildman–Crippen LogP) is 1.73. The minimum Gasteiger partial charge on any atom is -0.492 e. The zero-order valence-electron chi connectivity index (χ0n) is 10.4. The molecule has 1 aromatic rings. The number of rotatable bonds is 6. The smallest absolute Gasteiger partial charge is 0.119 e.